The van der Waals surface area contributed by atoms with Crippen LogP contribution in [0.1, 0.15) is 35.7 Å². The summed E-state index contributed by atoms with van der Waals surface area (Å²) in [5.74, 6) is -0.828. The van der Waals surface area contributed by atoms with Crippen LogP contribution in [0, 0.1) is 0 Å². The second-order valence-corrected chi connectivity index (χ2v) is 7.68. The van der Waals surface area contributed by atoms with Crippen LogP contribution in [0.5, 0.6) is 5.75 Å². The van der Waals surface area contributed by atoms with Crippen molar-refractivity contribution in [3.8, 4) is 5.75 Å². The Balaban J connectivity index is 1.44. The average molecular weight is 386 g/mol. The summed E-state index contributed by atoms with van der Waals surface area (Å²) in [6.45, 7) is 3.44. The van der Waals surface area contributed by atoms with Crippen molar-refractivity contribution in [2.75, 3.05) is 19.7 Å². The predicted octanol–water partition coefficient (Wildman–Crippen LogP) is -0.695. The first-order valence-electron chi connectivity index (χ1n) is 9.27. The van der Waals surface area contributed by atoms with Crippen LogP contribution in [0.2, 0.25) is 0 Å². The van der Waals surface area contributed by atoms with E-state index in [2.05, 4.69) is 16.0 Å². The SMILES string of the molecule is CC1(NC(=O)COc2cccc3c2CN(C2CCC(=O)NC2=O)C3=O)CNC1. The maximum Gasteiger partial charge on any atom is 0.258 e. The van der Waals surface area contributed by atoms with E-state index in [9.17, 15) is 19.2 Å². The third kappa shape index (κ3) is 3.33. The molecule has 2 saturated heterocycles. The first-order chi connectivity index (χ1) is 13.4. The van der Waals surface area contributed by atoms with Gasteiger partial charge in [-0.2, -0.15) is 0 Å². The van der Waals surface area contributed by atoms with Gasteiger partial charge in [0.25, 0.3) is 11.8 Å². The number of carbonyl (C=O) groups excluding carboxylic acids is 4. The van der Waals surface area contributed by atoms with Gasteiger partial charge in [-0.25, -0.2) is 0 Å². The minimum Gasteiger partial charge on any atom is -0.483 e. The summed E-state index contributed by atoms with van der Waals surface area (Å²) >= 11 is 0. The Hall–Kier alpha value is -2.94. The summed E-state index contributed by atoms with van der Waals surface area (Å²) in [4.78, 5) is 49.9. The topological polar surface area (TPSA) is 117 Å². The third-order valence-corrected chi connectivity index (χ3v) is 5.37. The molecule has 4 rings (SSSR count). The molecule has 0 spiro atoms. The van der Waals surface area contributed by atoms with Gasteiger partial charge in [-0.1, -0.05) is 6.07 Å². The molecule has 1 aromatic carbocycles. The number of imide groups is 1. The van der Waals surface area contributed by atoms with Crippen molar-refractivity contribution in [2.45, 2.75) is 37.9 Å². The van der Waals surface area contributed by atoms with Gasteiger partial charge >= 0.3 is 0 Å². The Morgan fingerprint density at radius 1 is 1.32 bits per heavy atom. The molecule has 0 radical (unpaired) electrons. The second-order valence-electron chi connectivity index (χ2n) is 7.68. The van der Waals surface area contributed by atoms with Gasteiger partial charge < -0.3 is 20.3 Å². The maximum absolute atomic E-state index is 12.8. The Morgan fingerprint density at radius 2 is 2.11 bits per heavy atom. The minimum atomic E-state index is -0.681. The highest BCUT2D eigenvalue weighted by Gasteiger charge is 2.40. The summed E-state index contributed by atoms with van der Waals surface area (Å²) < 4.78 is 5.69. The molecule has 1 aromatic rings. The molecule has 1 atom stereocenters. The summed E-state index contributed by atoms with van der Waals surface area (Å²) in [5, 5.41) is 8.31. The number of nitrogens with one attached hydrogen (secondary N) is 3. The lowest BCUT2D eigenvalue weighted by Crippen LogP contribution is -2.67. The van der Waals surface area contributed by atoms with Crippen LogP contribution in [0.15, 0.2) is 18.2 Å². The smallest absolute Gasteiger partial charge is 0.258 e. The third-order valence-electron chi connectivity index (χ3n) is 5.37. The number of amides is 4. The second kappa shape index (κ2) is 6.90. The van der Waals surface area contributed by atoms with Gasteiger partial charge in [0, 0.05) is 30.6 Å². The standard InChI is InChI=1S/C19H22N4O5/c1-19(9-20-10-19)22-16(25)8-28-14-4-2-3-11-12(14)7-23(18(11)27)13-5-6-15(24)21-17(13)26/h2-4,13,20H,5-10H2,1H3,(H,22,25)(H,21,24,26). The largest absolute Gasteiger partial charge is 0.483 e. The van der Waals surface area contributed by atoms with Crippen molar-refractivity contribution >= 4 is 23.6 Å². The average Bonchev–Trinajstić information content (AvgIpc) is 2.96. The summed E-state index contributed by atoms with van der Waals surface area (Å²) in [7, 11) is 0. The molecule has 0 aromatic heterocycles. The molecule has 148 valence electrons. The van der Waals surface area contributed by atoms with Crippen LogP contribution in [0.4, 0.5) is 0 Å². The van der Waals surface area contributed by atoms with Crippen molar-refractivity contribution in [3.05, 3.63) is 29.3 Å². The first-order valence-corrected chi connectivity index (χ1v) is 9.27. The lowest BCUT2D eigenvalue weighted by Gasteiger charge is -2.39. The number of hydrogen-bond donors (Lipinski definition) is 3. The Bertz CT molecular complexity index is 864. The van der Waals surface area contributed by atoms with Crippen LogP contribution in [-0.4, -0.2) is 59.8 Å². The van der Waals surface area contributed by atoms with Crippen LogP contribution in [0.25, 0.3) is 0 Å². The molecule has 9 nitrogen and oxygen atoms in total. The number of carbonyl (C=O) groups is 4. The summed E-state index contributed by atoms with van der Waals surface area (Å²) in [6.07, 6.45) is 0.503. The Labute approximate surface area is 161 Å². The quantitative estimate of drug-likeness (QED) is 0.577. The van der Waals surface area contributed by atoms with E-state index >= 15 is 0 Å². The fourth-order valence-electron chi connectivity index (χ4n) is 3.80. The number of ether oxygens (including phenoxy) is 1. The van der Waals surface area contributed by atoms with Gasteiger partial charge in [-0.3, -0.25) is 24.5 Å². The molecule has 9 heteroatoms. The molecular formula is C19H22N4O5. The number of rotatable bonds is 5. The first kappa shape index (κ1) is 18.4. The monoisotopic (exact) mass is 386 g/mol. The van der Waals surface area contributed by atoms with Crippen LogP contribution >= 0.6 is 0 Å². The van der Waals surface area contributed by atoms with E-state index in [0.29, 0.717) is 23.3 Å². The van der Waals surface area contributed by atoms with E-state index in [4.69, 9.17) is 4.74 Å². The summed E-state index contributed by atoms with van der Waals surface area (Å²) in [5.41, 5.74) is 0.858. The van der Waals surface area contributed by atoms with E-state index < -0.39 is 11.9 Å². The highest BCUT2D eigenvalue weighted by molar-refractivity contribution is 6.05. The molecule has 3 heterocycles. The van der Waals surface area contributed by atoms with Gasteiger partial charge in [0.05, 0.1) is 12.1 Å². The molecular weight excluding hydrogens is 364 g/mol. The van der Waals surface area contributed by atoms with Crippen molar-refractivity contribution in [1.29, 1.82) is 0 Å². The zero-order valence-electron chi connectivity index (χ0n) is 15.5. The Morgan fingerprint density at radius 3 is 2.79 bits per heavy atom. The summed E-state index contributed by atoms with van der Waals surface area (Å²) in [6, 6.07) is 4.40. The van der Waals surface area contributed by atoms with Gasteiger partial charge in [0.2, 0.25) is 11.8 Å². The molecule has 0 bridgehead atoms. The number of benzene rings is 1. The van der Waals surface area contributed by atoms with Gasteiger partial charge in [-0.15, -0.1) is 0 Å². The molecule has 3 aliphatic heterocycles. The van der Waals surface area contributed by atoms with Gasteiger partial charge in [-0.05, 0) is 25.5 Å². The molecule has 28 heavy (non-hydrogen) atoms. The minimum absolute atomic E-state index is 0.154. The number of fused-ring (bicyclic) bond motifs is 1. The van der Waals surface area contributed by atoms with E-state index in [-0.39, 0.29) is 42.8 Å². The van der Waals surface area contributed by atoms with Crippen molar-refractivity contribution in [3.63, 3.8) is 0 Å². The fraction of sp³-hybridized carbons (Fsp3) is 0.474. The zero-order valence-corrected chi connectivity index (χ0v) is 15.5. The molecule has 0 saturated carbocycles. The predicted molar refractivity (Wildman–Crippen MR) is 97.4 cm³/mol. The highest BCUT2D eigenvalue weighted by Crippen LogP contribution is 2.33. The maximum atomic E-state index is 12.8. The van der Waals surface area contributed by atoms with Crippen molar-refractivity contribution in [1.82, 2.24) is 20.9 Å². The van der Waals surface area contributed by atoms with Crippen LogP contribution < -0.4 is 20.7 Å². The molecule has 1 unspecified atom stereocenters. The number of piperidine rings is 1. The van der Waals surface area contributed by atoms with Crippen LogP contribution in [-0.2, 0) is 20.9 Å². The molecule has 0 aliphatic carbocycles. The van der Waals surface area contributed by atoms with Crippen LogP contribution in [0.3, 0.4) is 0 Å². The molecule has 2 fully saturated rings. The molecule has 3 N–H and O–H groups in total. The number of nitrogens with zero attached hydrogens (tertiary/aromatic N) is 1. The zero-order chi connectivity index (χ0) is 19.9. The van der Waals surface area contributed by atoms with E-state index in [1.165, 1.54) is 4.90 Å². The Kier molecular flexibility index (Phi) is 4.54. The van der Waals surface area contributed by atoms with Crippen molar-refractivity contribution < 1.29 is 23.9 Å². The fourth-order valence-corrected chi connectivity index (χ4v) is 3.80. The normalized spacial score (nSPS) is 23.0. The lowest BCUT2D eigenvalue weighted by atomic mass is 9.95. The highest BCUT2D eigenvalue weighted by atomic mass is 16.5. The lowest BCUT2D eigenvalue weighted by molar-refractivity contribution is -0.137. The van der Waals surface area contributed by atoms with Crippen molar-refractivity contribution in [2.24, 2.45) is 0 Å². The van der Waals surface area contributed by atoms with E-state index in [0.717, 1.165) is 13.1 Å². The van der Waals surface area contributed by atoms with E-state index in [1.807, 2.05) is 6.92 Å². The molecule has 3 aliphatic rings. The van der Waals surface area contributed by atoms with Gasteiger partial charge in [0.1, 0.15) is 11.8 Å². The molecule has 4 amide bonds. The van der Waals surface area contributed by atoms with Gasteiger partial charge in [0.15, 0.2) is 6.61 Å². The number of hydrogen-bond acceptors (Lipinski definition) is 6. The van der Waals surface area contributed by atoms with E-state index in [1.54, 1.807) is 18.2 Å².